The van der Waals surface area contributed by atoms with Gasteiger partial charge in [-0.05, 0) is 36.7 Å². The number of nitrogens with zero attached hydrogens (tertiary/aromatic N) is 2. The van der Waals surface area contributed by atoms with E-state index in [1.807, 2.05) is 24.3 Å². The molecule has 2 aromatic heterocycles. The van der Waals surface area contributed by atoms with Crippen LogP contribution in [-0.2, 0) is 29.2 Å². The molecule has 0 aliphatic carbocycles. The second-order valence-corrected chi connectivity index (χ2v) is 5.78. The van der Waals surface area contributed by atoms with Crippen molar-refractivity contribution >= 4 is 5.97 Å². The molecule has 0 amide bonds. The number of aryl methyl sites for hydroxylation is 1. The van der Waals surface area contributed by atoms with Crippen LogP contribution in [0.5, 0.6) is 5.88 Å². The van der Waals surface area contributed by atoms with Gasteiger partial charge in [-0.1, -0.05) is 12.1 Å². The minimum atomic E-state index is -0.256. The van der Waals surface area contributed by atoms with Crippen molar-refractivity contribution < 1.29 is 28.3 Å². The molecule has 0 saturated heterocycles. The summed E-state index contributed by atoms with van der Waals surface area (Å²) in [7, 11) is 0. The zero-order valence-corrected chi connectivity index (χ0v) is 15.1. The second-order valence-electron chi connectivity index (χ2n) is 5.78. The van der Waals surface area contributed by atoms with E-state index >= 15 is 0 Å². The summed E-state index contributed by atoms with van der Waals surface area (Å²) in [6.45, 7) is 3.87. The van der Waals surface area contributed by atoms with Gasteiger partial charge >= 0.3 is 5.97 Å². The van der Waals surface area contributed by atoms with Crippen molar-refractivity contribution in [1.82, 2.24) is 10.1 Å². The molecule has 0 bridgehead atoms. The predicted molar refractivity (Wildman–Crippen MR) is 93.8 cm³/mol. The second kappa shape index (κ2) is 8.50. The molecule has 0 aliphatic rings. The van der Waals surface area contributed by atoms with Gasteiger partial charge in [0.15, 0.2) is 5.76 Å². The fraction of sp³-hybridized carbons (Fsp3) is 0.316. The number of aliphatic hydroxyl groups is 1. The molecule has 3 rings (SSSR count). The highest BCUT2D eigenvalue weighted by molar-refractivity contribution is 5.72. The number of carbonyl (C=O) groups is 1. The molecule has 3 aromatic rings. The van der Waals surface area contributed by atoms with E-state index in [9.17, 15) is 4.79 Å². The summed E-state index contributed by atoms with van der Waals surface area (Å²) in [5.41, 5.74) is 2.28. The minimum absolute atomic E-state index is 0.160. The summed E-state index contributed by atoms with van der Waals surface area (Å²) in [5.74, 6) is 1.43. The van der Waals surface area contributed by atoms with Gasteiger partial charge in [-0.3, -0.25) is 4.79 Å². The minimum Gasteiger partial charge on any atom is -0.469 e. The Morgan fingerprint density at radius 1 is 1.26 bits per heavy atom. The Morgan fingerprint density at radius 2 is 2.04 bits per heavy atom. The van der Waals surface area contributed by atoms with Gasteiger partial charge in [0.25, 0.3) is 5.88 Å². The van der Waals surface area contributed by atoms with E-state index in [1.165, 1.54) is 6.07 Å². The van der Waals surface area contributed by atoms with E-state index in [4.69, 9.17) is 23.5 Å². The van der Waals surface area contributed by atoms with Gasteiger partial charge in [0.05, 0.1) is 13.0 Å². The van der Waals surface area contributed by atoms with Crippen molar-refractivity contribution in [1.29, 1.82) is 0 Å². The number of rotatable bonds is 8. The van der Waals surface area contributed by atoms with Crippen LogP contribution in [0.2, 0.25) is 0 Å². The molecular weight excluding hydrogens is 352 g/mol. The van der Waals surface area contributed by atoms with E-state index in [-0.39, 0.29) is 31.5 Å². The normalized spacial score (nSPS) is 10.8. The number of benzene rings is 1. The third kappa shape index (κ3) is 4.73. The first-order valence-electron chi connectivity index (χ1n) is 8.49. The summed E-state index contributed by atoms with van der Waals surface area (Å²) >= 11 is 0. The standard InChI is InChI=1S/C19H20N2O6/c1-3-24-18(23)8-13-4-6-14(7-5-13)19-20-16(12(2)26-19)11-25-17-9-15(10-22)27-21-17/h4-7,9,22H,3,8,10-11H2,1-2H3. The Hall–Kier alpha value is -3.13. The van der Waals surface area contributed by atoms with Crippen LogP contribution in [0.3, 0.4) is 0 Å². The number of carbonyl (C=O) groups excluding carboxylic acids is 1. The topological polar surface area (TPSA) is 108 Å². The van der Waals surface area contributed by atoms with Crippen molar-refractivity contribution in [3.63, 3.8) is 0 Å². The lowest BCUT2D eigenvalue weighted by Crippen LogP contribution is -2.07. The largest absolute Gasteiger partial charge is 0.469 e. The van der Waals surface area contributed by atoms with Crippen molar-refractivity contribution in [2.45, 2.75) is 33.5 Å². The number of aromatic nitrogens is 2. The molecular formula is C19H20N2O6. The quantitative estimate of drug-likeness (QED) is 0.601. The van der Waals surface area contributed by atoms with Crippen LogP contribution < -0.4 is 4.74 Å². The molecule has 8 heteroatoms. The van der Waals surface area contributed by atoms with Crippen molar-refractivity contribution in [2.75, 3.05) is 6.61 Å². The maximum absolute atomic E-state index is 11.5. The molecule has 0 fully saturated rings. The summed E-state index contributed by atoms with van der Waals surface area (Å²) in [4.78, 5) is 16.0. The number of hydrogen-bond donors (Lipinski definition) is 1. The summed E-state index contributed by atoms with van der Waals surface area (Å²) in [6, 6.07) is 8.88. The van der Waals surface area contributed by atoms with Crippen LogP contribution in [-0.4, -0.2) is 27.8 Å². The molecule has 0 unspecified atom stereocenters. The van der Waals surface area contributed by atoms with Crippen molar-refractivity contribution in [3.05, 3.63) is 53.1 Å². The number of ether oxygens (including phenoxy) is 2. The van der Waals surface area contributed by atoms with Gasteiger partial charge in [0, 0.05) is 11.6 Å². The average Bonchev–Trinajstić information content (AvgIpc) is 3.27. The van der Waals surface area contributed by atoms with Crippen LogP contribution in [0.4, 0.5) is 0 Å². The summed E-state index contributed by atoms with van der Waals surface area (Å²) < 4.78 is 21.0. The van der Waals surface area contributed by atoms with Crippen LogP contribution in [0.15, 0.2) is 39.3 Å². The summed E-state index contributed by atoms with van der Waals surface area (Å²) in [5, 5.41) is 12.7. The zero-order valence-electron chi connectivity index (χ0n) is 15.1. The first kappa shape index (κ1) is 18.7. The maximum Gasteiger partial charge on any atom is 0.310 e. The molecule has 0 atom stereocenters. The predicted octanol–water partition coefficient (Wildman–Crippen LogP) is 2.81. The first-order chi connectivity index (χ1) is 13.1. The number of aliphatic hydroxyl groups excluding tert-OH is 1. The van der Waals surface area contributed by atoms with E-state index < -0.39 is 0 Å². The lowest BCUT2D eigenvalue weighted by atomic mass is 10.1. The Labute approximate surface area is 155 Å². The lowest BCUT2D eigenvalue weighted by Gasteiger charge is -2.02. The van der Waals surface area contributed by atoms with Crippen LogP contribution in [0.1, 0.15) is 29.7 Å². The number of oxazole rings is 1. The fourth-order valence-electron chi connectivity index (χ4n) is 2.41. The van der Waals surface area contributed by atoms with Crippen molar-refractivity contribution in [2.24, 2.45) is 0 Å². The molecule has 2 heterocycles. The number of esters is 1. The van der Waals surface area contributed by atoms with Crippen LogP contribution >= 0.6 is 0 Å². The molecule has 1 N–H and O–H groups in total. The molecule has 0 radical (unpaired) electrons. The Morgan fingerprint density at radius 3 is 2.70 bits per heavy atom. The molecule has 27 heavy (non-hydrogen) atoms. The van der Waals surface area contributed by atoms with Gasteiger partial charge in [-0.15, -0.1) is 0 Å². The summed E-state index contributed by atoms with van der Waals surface area (Å²) in [6.07, 6.45) is 0.228. The lowest BCUT2D eigenvalue weighted by molar-refractivity contribution is -0.142. The third-order valence-electron chi connectivity index (χ3n) is 3.80. The molecule has 0 aliphatic heterocycles. The number of hydrogen-bond acceptors (Lipinski definition) is 8. The Balaban J connectivity index is 1.65. The van der Waals surface area contributed by atoms with Gasteiger partial charge < -0.3 is 23.5 Å². The highest BCUT2D eigenvalue weighted by atomic mass is 16.5. The van der Waals surface area contributed by atoms with Crippen LogP contribution in [0, 0.1) is 6.92 Å². The van der Waals surface area contributed by atoms with E-state index in [1.54, 1.807) is 13.8 Å². The first-order valence-corrected chi connectivity index (χ1v) is 8.49. The van der Waals surface area contributed by atoms with Gasteiger partial charge in [0.2, 0.25) is 5.89 Å². The smallest absolute Gasteiger partial charge is 0.310 e. The van der Waals surface area contributed by atoms with E-state index in [0.717, 1.165) is 11.1 Å². The molecule has 0 saturated carbocycles. The molecule has 0 spiro atoms. The Kier molecular flexibility index (Phi) is 5.87. The monoisotopic (exact) mass is 372 g/mol. The van der Waals surface area contributed by atoms with Gasteiger partial charge in [-0.2, -0.15) is 0 Å². The molecule has 1 aromatic carbocycles. The van der Waals surface area contributed by atoms with Gasteiger partial charge in [-0.25, -0.2) is 4.98 Å². The van der Waals surface area contributed by atoms with Crippen LogP contribution in [0.25, 0.3) is 11.5 Å². The SMILES string of the molecule is CCOC(=O)Cc1ccc(-c2nc(COc3cc(CO)on3)c(C)o2)cc1. The fourth-order valence-corrected chi connectivity index (χ4v) is 2.41. The highest BCUT2D eigenvalue weighted by Crippen LogP contribution is 2.23. The van der Waals surface area contributed by atoms with Gasteiger partial charge in [0.1, 0.15) is 24.7 Å². The molecule has 8 nitrogen and oxygen atoms in total. The Bertz CT molecular complexity index is 897. The van der Waals surface area contributed by atoms with E-state index in [0.29, 0.717) is 29.7 Å². The van der Waals surface area contributed by atoms with E-state index in [2.05, 4.69) is 10.1 Å². The molecule has 142 valence electrons. The third-order valence-corrected chi connectivity index (χ3v) is 3.80. The zero-order chi connectivity index (χ0) is 19.2. The van der Waals surface area contributed by atoms with Crippen molar-refractivity contribution in [3.8, 4) is 17.3 Å². The highest BCUT2D eigenvalue weighted by Gasteiger charge is 2.14. The maximum atomic E-state index is 11.5. The average molecular weight is 372 g/mol.